The Morgan fingerprint density at radius 3 is 2.12 bits per heavy atom. The summed E-state index contributed by atoms with van der Waals surface area (Å²) >= 11 is 0. The maximum Gasteiger partial charge on any atom is 0.294 e. The Balaban J connectivity index is 0.000000181. The third-order valence-corrected chi connectivity index (χ3v) is 2.43. The summed E-state index contributed by atoms with van der Waals surface area (Å²) in [4.78, 5) is 3.59. The van der Waals surface area contributed by atoms with E-state index in [0.717, 1.165) is 0 Å². The number of hydrogen-bond donors (Lipinski definition) is 2. The molecular weight excluding hydrogens is 230 g/mol. The van der Waals surface area contributed by atoms with Crippen molar-refractivity contribution in [3.05, 3.63) is 49.1 Å². The molecular formula is C9H11N3O3S. The lowest BCUT2D eigenvalue weighted by atomic mass is 10.4. The zero-order valence-corrected chi connectivity index (χ0v) is 9.08. The zero-order valence-electron chi connectivity index (χ0n) is 8.26. The van der Waals surface area contributed by atoms with E-state index in [1.54, 1.807) is 30.6 Å². The lowest BCUT2D eigenvalue weighted by Gasteiger charge is -1.92. The highest BCUT2D eigenvalue weighted by Crippen LogP contribution is 2.05. The van der Waals surface area contributed by atoms with Crippen LogP contribution in [0.25, 0.3) is 0 Å². The van der Waals surface area contributed by atoms with Crippen LogP contribution < -0.4 is 5.84 Å². The number of benzene rings is 1. The van der Waals surface area contributed by atoms with Gasteiger partial charge in [0.05, 0.1) is 4.90 Å². The van der Waals surface area contributed by atoms with Crippen molar-refractivity contribution in [3.8, 4) is 0 Å². The van der Waals surface area contributed by atoms with Crippen molar-refractivity contribution in [1.82, 2.24) is 9.66 Å². The Kier molecular flexibility index (Phi) is 4.03. The van der Waals surface area contributed by atoms with Gasteiger partial charge in [0.15, 0.2) is 0 Å². The van der Waals surface area contributed by atoms with Gasteiger partial charge in [-0.3, -0.25) is 9.23 Å². The molecule has 0 saturated carbocycles. The van der Waals surface area contributed by atoms with Crippen molar-refractivity contribution >= 4 is 10.1 Å². The van der Waals surface area contributed by atoms with Gasteiger partial charge in [0.1, 0.15) is 6.33 Å². The second kappa shape index (κ2) is 5.29. The first-order valence-electron chi connectivity index (χ1n) is 4.26. The van der Waals surface area contributed by atoms with E-state index in [-0.39, 0.29) is 4.90 Å². The lowest BCUT2D eigenvalue weighted by Crippen LogP contribution is -2.02. The van der Waals surface area contributed by atoms with Gasteiger partial charge >= 0.3 is 0 Å². The van der Waals surface area contributed by atoms with Crippen LogP contribution in [0.3, 0.4) is 0 Å². The van der Waals surface area contributed by atoms with Crippen LogP contribution in [0.5, 0.6) is 0 Å². The Hall–Kier alpha value is -1.86. The highest BCUT2D eigenvalue weighted by molar-refractivity contribution is 7.85. The molecule has 0 aliphatic heterocycles. The first-order chi connectivity index (χ1) is 7.50. The number of nitrogen functional groups attached to an aromatic ring is 1. The summed E-state index contributed by atoms with van der Waals surface area (Å²) in [5, 5.41) is 0. The molecule has 6 nitrogen and oxygen atoms in total. The van der Waals surface area contributed by atoms with E-state index in [1.807, 2.05) is 0 Å². The number of nitrogens with two attached hydrogens (primary N) is 1. The van der Waals surface area contributed by atoms with Crippen molar-refractivity contribution in [2.75, 3.05) is 5.84 Å². The minimum Gasteiger partial charge on any atom is -0.338 e. The van der Waals surface area contributed by atoms with Gasteiger partial charge in [-0.2, -0.15) is 8.42 Å². The molecule has 0 fully saturated rings. The van der Waals surface area contributed by atoms with Crippen molar-refractivity contribution in [2.24, 2.45) is 0 Å². The first kappa shape index (κ1) is 12.2. The molecule has 0 aliphatic carbocycles. The average Bonchev–Trinajstić information content (AvgIpc) is 2.70. The third-order valence-electron chi connectivity index (χ3n) is 1.57. The molecule has 0 bridgehead atoms. The van der Waals surface area contributed by atoms with Crippen LogP contribution >= 0.6 is 0 Å². The minimum atomic E-state index is -4.00. The number of hydrogen-bond acceptors (Lipinski definition) is 4. The van der Waals surface area contributed by atoms with Gasteiger partial charge in [-0.05, 0) is 12.1 Å². The van der Waals surface area contributed by atoms with Crippen LogP contribution in [0.4, 0.5) is 0 Å². The largest absolute Gasteiger partial charge is 0.338 e. The average molecular weight is 241 g/mol. The van der Waals surface area contributed by atoms with E-state index < -0.39 is 10.1 Å². The van der Waals surface area contributed by atoms with Crippen molar-refractivity contribution in [3.63, 3.8) is 0 Å². The van der Waals surface area contributed by atoms with E-state index >= 15 is 0 Å². The quantitative estimate of drug-likeness (QED) is 0.560. The predicted molar refractivity (Wildman–Crippen MR) is 58.6 cm³/mol. The van der Waals surface area contributed by atoms with Crippen LogP contribution in [-0.2, 0) is 10.1 Å². The van der Waals surface area contributed by atoms with Crippen LogP contribution in [-0.4, -0.2) is 22.6 Å². The fraction of sp³-hybridized carbons (Fsp3) is 0. The number of nitrogens with zero attached hydrogens (tertiary/aromatic N) is 2. The van der Waals surface area contributed by atoms with Crippen LogP contribution in [0.15, 0.2) is 53.9 Å². The molecule has 0 saturated heterocycles. The number of imidazole rings is 1. The van der Waals surface area contributed by atoms with Gasteiger partial charge in [-0.1, -0.05) is 18.2 Å². The fourth-order valence-corrected chi connectivity index (χ4v) is 1.36. The first-order valence-corrected chi connectivity index (χ1v) is 5.70. The summed E-state index contributed by atoms with van der Waals surface area (Å²) < 4.78 is 30.6. The Bertz CT molecular complexity index is 508. The Labute approximate surface area is 93.1 Å². The SMILES string of the molecule is Nn1ccnc1.O=S(=O)(O)c1ccccc1. The highest BCUT2D eigenvalue weighted by atomic mass is 32.2. The molecule has 3 N–H and O–H groups in total. The van der Waals surface area contributed by atoms with Gasteiger partial charge in [0.25, 0.3) is 10.1 Å². The van der Waals surface area contributed by atoms with Gasteiger partial charge in [-0.25, -0.2) is 4.98 Å². The molecule has 1 aromatic heterocycles. The molecule has 7 heteroatoms. The molecule has 2 aromatic rings. The van der Waals surface area contributed by atoms with E-state index in [1.165, 1.54) is 23.1 Å². The van der Waals surface area contributed by atoms with Gasteiger partial charge in [0.2, 0.25) is 0 Å². The highest BCUT2D eigenvalue weighted by Gasteiger charge is 2.05. The standard InChI is InChI=1S/C6H6O3S.C3H5N3/c7-10(8,9)6-4-2-1-3-5-6;4-6-2-1-5-3-6/h1-5H,(H,7,8,9);1-3H,4H2. The molecule has 2 rings (SSSR count). The molecule has 0 spiro atoms. The fourth-order valence-electron chi connectivity index (χ4n) is 0.862. The second-order valence-electron chi connectivity index (χ2n) is 2.80. The molecule has 86 valence electrons. The van der Waals surface area contributed by atoms with E-state index in [4.69, 9.17) is 10.4 Å². The Morgan fingerprint density at radius 1 is 1.25 bits per heavy atom. The van der Waals surface area contributed by atoms with Gasteiger partial charge in [0, 0.05) is 12.4 Å². The molecule has 1 heterocycles. The Morgan fingerprint density at radius 2 is 1.88 bits per heavy atom. The summed E-state index contributed by atoms with van der Waals surface area (Å²) in [5.74, 6) is 5.13. The monoisotopic (exact) mass is 241 g/mol. The minimum absolute atomic E-state index is 0.0741. The summed E-state index contributed by atoms with van der Waals surface area (Å²) in [6.07, 6.45) is 4.82. The maximum atomic E-state index is 10.4. The van der Waals surface area contributed by atoms with Crippen molar-refractivity contribution < 1.29 is 13.0 Å². The van der Waals surface area contributed by atoms with Crippen LogP contribution in [0.2, 0.25) is 0 Å². The van der Waals surface area contributed by atoms with Crippen molar-refractivity contribution in [1.29, 1.82) is 0 Å². The predicted octanol–water partition coefficient (Wildman–Crippen LogP) is 0.530. The number of aromatic nitrogens is 2. The lowest BCUT2D eigenvalue weighted by molar-refractivity contribution is 0.483. The molecule has 0 unspecified atom stereocenters. The molecule has 16 heavy (non-hydrogen) atoms. The molecule has 0 amide bonds. The van der Waals surface area contributed by atoms with Gasteiger partial charge in [-0.15, -0.1) is 0 Å². The second-order valence-corrected chi connectivity index (χ2v) is 4.22. The summed E-state index contributed by atoms with van der Waals surface area (Å²) in [6.45, 7) is 0. The van der Waals surface area contributed by atoms with Crippen LogP contribution in [0, 0.1) is 0 Å². The zero-order chi connectivity index (χ0) is 12.0. The summed E-state index contributed by atoms with van der Waals surface area (Å²) in [7, 11) is -4.00. The molecule has 0 radical (unpaired) electrons. The normalized spacial score (nSPS) is 10.3. The topological polar surface area (TPSA) is 98.2 Å². The molecule has 0 atom stereocenters. The van der Waals surface area contributed by atoms with Crippen molar-refractivity contribution in [2.45, 2.75) is 4.90 Å². The van der Waals surface area contributed by atoms with Crippen LogP contribution in [0.1, 0.15) is 0 Å². The summed E-state index contributed by atoms with van der Waals surface area (Å²) in [5.41, 5.74) is 0. The van der Waals surface area contributed by atoms with Gasteiger partial charge < -0.3 is 5.84 Å². The smallest absolute Gasteiger partial charge is 0.294 e. The summed E-state index contributed by atoms with van der Waals surface area (Å²) in [6, 6.07) is 7.42. The van der Waals surface area contributed by atoms with E-state index in [0.29, 0.717) is 0 Å². The third kappa shape index (κ3) is 4.11. The maximum absolute atomic E-state index is 10.4. The molecule has 1 aromatic carbocycles. The number of rotatable bonds is 1. The molecule has 0 aliphatic rings. The van der Waals surface area contributed by atoms with E-state index in [9.17, 15) is 8.42 Å². The van der Waals surface area contributed by atoms with E-state index in [2.05, 4.69) is 4.98 Å².